The summed E-state index contributed by atoms with van der Waals surface area (Å²) in [6.45, 7) is 19.2. The molecule has 0 aromatic rings. The van der Waals surface area contributed by atoms with Gasteiger partial charge in [0.25, 0.3) is 0 Å². The minimum absolute atomic E-state index is 0.635. The largest absolute Gasteiger partial charge is 0.474 e. The molecule has 0 saturated carbocycles. The average molecular weight is 1980 g/mol. The van der Waals surface area contributed by atoms with Gasteiger partial charge in [-0.05, 0) is 18.1 Å². The Hall–Kier alpha value is -10.2. The monoisotopic (exact) mass is 1980 g/mol. The molecule has 135 heavy (non-hydrogen) atoms. The van der Waals surface area contributed by atoms with E-state index in [4.69, 9.17) is 151 Å². The van der Waals surface area contributed by atoms with Gasteiger partial charge in [-0.3, -0.25) is 100 Å². The lowest BCUT2D eigenvalue weighted by Crippen LogP contribution is -2.69. The fourth-order valence-corrected chi connectivity index (χ4v) is 16.1. The van der Waals surface area contributed by atoms with E-state index in [9.17, 15) is 96.0 Å². The first-order valence-electron chi connectivity index (χ1n) is 41.6. The van der Waals surface area contributed by atoms with Crippen molar-refractivity contribution in [2.45, 2.75) is 355 Å². The molecule has 6 aliphatic rings. The quantitative estimate of drug-likeness (QED) is 0.0363. The van der Waals surface area contributed by atoms with Crippen molar-refractivity contribution in [3.05, 3.63) is 0 Å². The number of hydrogen-bond acceptors (Lipinski definition) is 52. The van der Waals surface area contributed by atoms with Gasteiger partial charge in [-0.15, -0.1) is 0 Å². The van der Waals surface area contributed by atoms with Crippen LogP contribution in [-0.4, -0.2) is 351 Å². The van der Waals surface area contributed by atoms with E-state index in [1.807, 2.05) is 20.8 Å². The molecule has 6 aliphatic heterocycles. The van der Waals surface area contributed by atoms with E-state index in [-0.39, 0.29) is 0 Å². The molecule has 0 aliphatic carbocycles. The highest BCUT2D eigenvalue weighted by Gasteiger charge is 2.65. The Kier molecular flexibility index (Phi) is 42.3. The molecule has 6 rings (SSSR count). The van der Waals surface area contributed by atoms with Gasteiger partial charge in [0, 0.05) is 132 Å². The highest BCUT2D eigenvalue weighted by Crippen LogP contribution is 2.50. The molecule has 31 atom stereocenters. The minimum Gasteiger partial charge on any atom is -0.463 e. The SMILES string of the molecule is CC(=O)OC[C@H]1O[C@@H](O[C@H]2[C@@H](OC(C)=O)[C@@H](CO[Si](C)(C)C(C)(C)C)O[C@@H](O[C@H]3[C@H](OC(C)=O)[C@H](OC(C)=O)[C@@H](OP(=O)(O)OC[C@H]4O[C@@H](O[C@H]5[C@H](OC(C)=O)[C@H](OC(C)=O)[C@@H](OC(C)=O)O[C@@H]5COC(C)=O)[C@H](OC(C)=O)[C@@H](O[C@@H]5O[C@H](COC(C)=O)[C@H](OC(C)=O)[C@H](OC(C)=O)[C@H]5OC(C)=O)[C@H]4OC(C)=O)O[C@@H]3COC(C)=O)[C@@H]2OC(C)=O)[C@H](OC(C)=O)[C@@H](OC(C)=O)[C@H]1OC(C)=O. The molecule has 0 bridgehead atoms. The summed E-state index contributed by atoms with van der Waals surface area (Å²) in [4.78, 5) is 264. The zero-order chi connectivity index (χ0) is 102. The molecule has 0 radical (unpaired) electrons. The molecule has 6 heterocycles. The smallest absolute Gasteiger partial charge is 0.463 e. The van der Waals surface area contributed by atoms with Crippen LogP contribution < -0.4 is 0 Å². The van der Waals surface area contributed by atoms with Crippen molar-refractivity contribution in [3.63, 3.8) is 0 Å². The summed E-state index contributed by atoms with van der Waals surface area (Å²) in [5.74, 6) is -22.3. The van der Waals surface area contributed by atoms with Gasteiger partial charge in [0.1, 0.15) is 87.5 Å². The van der Waals surface area contributed by atoms with Crippen LogP contribution in [0.5, 0.6) is 0 Å². The summed E-state index contributed by atoms with van der Waals surface area (Å²) in [7, 11) is -9.40. The molecule has 0 spiro atoms. The van der Waals surface area contributed by atoms with Gasteiger partial charge < -0.3 is 147 Å². The van der Waals surface area contributed by atoms with Crippen LogP contribution in [0.2, 0.25) is 18.1 Å². The molecule has 0 aromatic carbocycles. The molecule has 6 saturated heterocycles. The van der Waals surface area contributed by atoms with Gasteiger partial charge >= 0.3 is 121 Å². The number of phosphoric ester groups is 1. The summed E-state index contributed by atoms with van der Waals surface area (Å²) < 4.78 is 205. The second-order valence-electron chi connectivity index (χ2n) is 32.5. The zero-order valence-corrected chi connectivity index (χ0v) is 80.1. The van der Waals surface area contributed by atoms with Crippen molar-refractivity contribution in [1.29, 1.82) is 0 Å². The molecular weight excluding hydrogens is 1870 g/mol. The molecule has 1 N–H and O–H groups in total. The molecule has 53 nitrogen and oxygen atoms in total. The number of ether oxygens (including phenoxy) is 29. The Bertz CT molecular complexity index is 4300. The van der Waals surface area contributed by atoms with Crippen molar-refractivity contribution in [2.24, 2.45) is 0 Å². The van der Waals surface area contributed by atoms with Crippen LogP contribution in [0, 0.1) is 0 Å². The third-order valence-electron chi connectivity index (χ3n) is 20.1. The second kappa shape index (κ2) is 50.2. The molecule has 6 fully saturated rings. The minimum atomic E-state index is -6.34. The molecule has 762 valence electrons. The first-order valence-corrected chi connectivity index (χ1v) is 46.0. The molecule has 55 heteroatoms. The first kappa shape index (κ1) is 114. The number of hydrogen-bond donors (Lipinski definition) is 1. The highest BCUT2D eigenvalue weighted by atomic mass is 31.2. The summed E-state index contributed by atoms with van der Waals surface area (Å²) in [6.07, 6.45) is -66.1. The van der Waals surface area contributed by atoms with Gasteiger partial charge in [0.05, 0.1) is 13.2 Å². The molecule has 0 aromatic heterocycles. The summed E-state index contributed by atoms with van der Waals surface area (Å²) >= 11 is 0. The van der Waals surface area contributed by atoms with Crippen molar-refractivity contribution < 1.29 is 251 Å². The van der Waals surface area contributed by atoms with Crippen molar-refractivity contribution in [2.75, 3.05) is 39.6 Å². The van der Waals surface area contributed by atoms with Gasteiger partial charge in [-0.2, -0.15) is 0 Å². The van der Waals surface area contributed by atoms with Crippen LogP contribution in [0.15, 0.2) is 0 Å². The second-order valence-corrected chi connectivity index (χ2v) is 38.7. The van der Waals surface area contributed by atoms with Gasteiger partial charge in [-0.1, -0.05) is 20.8 Å². The third kappa shape index (κ3) is 34.2. The number of phosphoric acid groups is 1. The Morgan fingerprint density at radius 1 is 0.237 bits per heavy atom. The Morgan fingerprint density at radius 3 is 0.681 bits per heavy atom. The molecule has 0 amide bonds. The number of carbonyl (C=O) groups excluding carboxylic acids is 19. The van der Waals surface area contributed by atoms with E-state index in [0.29, 0.717) is 0 Å². The lowest BCUT2D eigenvalue weighted by molar-refractivity contribution is -0.380. The first-order chi connectivity index (χ1) is 62.7. The Balaban J connectivity index is 1.62. The predicted octanol–water partition coefficient (Wildman–Crippen LogP) is -0.109. The van der Waals surface area contributed by atoms with Crippen LogP contribution >= 0.6 is 7.82 Å². The maximum atomic E-state index is 15.4. The van der Waals surface area contributed by atoms with Crippen LogP contribution in [0.1, 0.15) is 152 Å². The van der Waals surface area contributed by atoms with Gasteiger partial charge in [0.2, 0.25) is 18.7 Å². The molecule has 1 unspecified atom stereocenters. The fraction of sp³-hybridized carbons (Fsp3) is 0.762. The maximum Gasteiger partial charge on any atom is 0.474 e. The number of rotatable bonds is 39. The maximum absolute atomic E-state index is 15.4. The van der Waals surface area contributed by atoms with E-state index >= 15 is 4.57 Å². The lowest BCUT2D eigenvalue weighted by atomic mass is 9.95. The topological polar surface area (TPSA) is 657 Å². The van der Waals surface area contributed by atoms with E-state index in [2.05, 4.69) is 0 Å². The van der Waals surface area contributed by atoms with E-state index < -0.39 is 358 Å². The standard InChI is InChI=1S/C80H115O53PSi/c1-31(81)102-25-50-56(108-35(5)85)62(112-39(9)89)69(117-44(14)94)77(124-50)131-66-58(110-37(7)87)54(126-75(71(66)119-46(16)96)129-60-52(27-104-33(3)83)123-74(122-49(19)99)68(116-43(13)93)64(60)114-41(11)91)29-106-134(100,101)133-79-73(121-48(18)98)65(115-42(12)92)61(53(128-79)28-105-34(4)84)130-76-72(120-47(17)97)67(59(111-38(8)88)55(127-76)30-107-135(23,24)80(20,21)22)132-78-70(118-45(15)95)63(113-40(10)90)57(109-36(6)86)51(125-78)26-103-32(2)82/h50-79H,25-30H2,1-24H3,(H,100,101)/t50-,51-,52-,53-,54-,55-,56+,57+,58+,59+,60-,61-,62+,63+,64+,65+,66+,67+,68+,69-,70-,71-,72-,73+,74+,75+,76+,77+,78+,79-/m1/s1. The zero-order valence-electron chi connectivity index (χ0n) is 78.2. The normalized spacial score (nSPS) is 32.2. The average Bonchev–Trinajstić information content (AvgIpc) is 0.755. The van der Waals surface area contributed by atoms with Crippen LogP contribution in [0.3, 0.4) is 0 Å². The van der Waals surface area contributed by atoms with Crippen LogP contribution in [-0.2, 0) is 247 Å². The number of carbonyl (C=O) groups is 19. The van der Waals surface area contributed by atoms with Gasteiger partial charge in [-0.25, -0.2) is 4.57 Å². The third-order valence-corrected chi connectivity index (χ3v) is 25.5. The van der Waals surface area contributed by atoms with Gasteiger partial charge in [0.15, 0.2) is 113 Å². The predicted molar refractivity (Wildman–Crippen MR) is 428 cm³/mol. The van der Waals surface area contributed by atoms with Crippen molar-refractivity contribution >= 4 is 130 Å². The summed E-state index contributed by atoms with van der Waals surface area (Å²) in [5.41, 5.74) is 0. The number of esters is 19. The summed E-state index contributed by atoms with van der Waals surface area (Å²) in [6, 6.07) is 0. The summed E-state index contributed by atoms with van der Waals surface area (Å²) in [5, 5.41) is -0.635. The van der Waals surface area contributed by atoms with E-state index in [1.165, 1.54) is 0 Å². The molecular formula is C80H115O53PSi. The van der Waals surface area contributed by atoms with E-state index in [0.717, 1.165) is 132 Å². The van der Waals surface area contributed by atoms with Crippen molar-refractivity contribution in [1.82, 2.24) is 0 Å². The van der Waals surface area contributed by atoms with Crippen LogP contribution in [0.25, 0.3) is 0 Å². The van der Waals surface area contributed by atoms with Crippen LogP contribution in [0.4, 0.5) is 0 Å². The van der Waals surface area contributed by atoms with E-state index in [1.54, 1.807) is 13.1 Å². The highest BCUT2D eigenvalue weighted by molar-refractivity contribution is 7.47. The Morgan fingerprint density at radius 2 is 0.422 bits per heavy atom. The fourth-order valence-electron chi connectivity index (χ4n) is 14.3. The van der Waals surface area contributed by atoms with Crippen molar-refractivity contribution in [3.8, 4) is 0 Å². The Labute approximate surface area is 772 Å². The lowest BCUT2D eigenvalue weighted by Gasteiger charge is -2.51.